The molecule has 1 aromatic heterocycles. The van der Waals surface area contributed by atoms with Gasteiger partial charge < -0.3 is 4.74 Å². The number of halogens is 1. The highest BCUT2D eigenvalue weighted by Crippen LogP contribution is 2.29. The second-order valence-electron chi connectivity index (χ2n) is 6.11. The van der Waals surface area contributed by atoms with Crippen LogP contribution in [0.5, 0.6) is 5.75 Å². The lowest BCUT2D eigenvalue weighted by Crippen LogP contribution is -2.17. The Bertz CT molecular complexity index is 1030. The predicted molar refractivity (Wildman–Crippen MR) is 108 cm³/mol. The van der Waals surface area contributed by atoms with E-state index in [4.69, 9.17) is 16.3 Å². The second kappa shape index (κ2) is 7.50. The number of rotatable bonds is 4. The fourth-order valence-corrected chi connectivity index (χ4v) is 3.91. The summed E-state index contributed by atoms with van der Waals surface area (Å²) in [5, 5.41) is 5.51. The molecule has 0 unspecified atom stereocenters. The number of hydrogen-bond acceptors (Lipinski definition) is 5. The molecule has 0 aliphatic carbocycles. The van der Waals surface area contributed by atoms with E-state index in [0.717, 1.165) is 33.9 Å². The molecule has 0 saturated heterocycles. The molecule has 1 N–H and O–H groups in total. The summed E-state index contributed by atoms with van der Waals surface area (Å²) in [6, 6.07) is 13.2. The van der Waals surface area contributed by atoms with Crippen LogP contribution in [0.1, 0.15) is 26.5 Å². The molecule has 0 atom stereocenters. The molecule has 4 rings (SSSR count). The molecule has 0 radical (unpaired) electrons. The number of carbonyl (C=O) groups is 1. The van der Waals surface area contributed by atoms with Crippen LogP contribution in [0, 0.1) is 6.92 Å². The molecular weight excluding hydrogens is 382 g/mol. The second-order valence-corrected chi connectivity index (χ2v) is 7.54. The maximum absolute atomic E-state index is 12.4. The van der Waals surface area contributed by atoms with Gasteiger partial charge in [0.15, 0.2) is 0 Å². The number of aryl methyl sites for hydroxylation is 1. The number of carbonyl (C=O) groups excluding carboxylic acids is 1. The molecule has 3 aromatic rings. The molecule has 0 bridgehead atoms. The van der Waals surface area contributed by atoms with Crippen molar-refractivity contribution in [2.75, 3.05) is 6.61 Å². The molecule has 2 aromatic carbocycles. The molecule has 0 spiro atoms. The summed E-state index contributed by atoms with van der Waals surface area (Å²) in [7, 11) is 0. The zero-order valence-electron chi connectivity index (χ0n) is 14.5. The first-order valence-corrected chi connectivity index (χ1v) is 9.62. The zero-order chi connectivity index (χ0) is 18.8. The van der Waals surface area contributed by atoms with Gasteiger partial charge in [-0.3, -0.25) is 4.79 Å². The average Bonchev–Trinajstić information content (AvgIpc) is 3.28. The van der Waals surface area contributed by atoms with E-state index in [1.54, 1.807) is 18.3 Å². The van der Waals surface area contributed by atoms with Crippen molar-refractivity contribution in [2.24, 2.45) is 5.10 Å². The van der Waals surface area contributed by atoms with E-state index in [9.17, 15) is 4.79 Å². The van der Waals surface area contributed by atoms with E-state index >= 15 is 0 Å². The number of nitrogens with zero attached hydrogens (tertiary/aromatic N) is 2. The van der Waals surface area contributed by atoms with Crippen molar-refractivity contribution in [3.63, 3.8) is 0 Å². The topological polar surface area (TPSA) is 63.6 Å². The molecule has 1 aliphatic heterocycles. The number of amides is 1. The van der Waals surface area contributed by atoms with Gasteiger partial charge in [0, 0.05) is 17.0 Å². The first-order valence-electron chi connectivity index (χ1n) is 8.42. The zero-order valence-corrected chi connectivity index (χ0v) is 16.1. The Labute approximate surface area is 165 Å². The molecule has 7 heteroatoms. The van der Waals surface area contributed by atoms with E-state index in [0.29, 0.717) is 22.2 Å². The Hall–Kier alpha value is -2.70. The molecule has 1 aliphatic rings. The summed E-state index contributed by atoms with van der Waals surface area (Å²) < 4.78 is 5.49. The number of ether oxygens (including phenoxy) is 1. The van der Waals surface area contributed by atoms with Crippen molar-refractivity contribution in [3.05, 3.63) is 69.2 Å². The monoisotopic (exact) mass is 397 g/mol. The first-order chi connectivity index (χ1) is 13.1. The quantitative estimate of drug-likeness (QED) is 0.521. The van der Waals surface area contributed by atoms with Gasteiger partial charge in [-0.15, -0.1) is 11.3 Å². The van der Waals surface area contributed by atoms with Crippen LogP contribution in [-0.4, -0.2) is 23.7 Å². The maximum atomic E-state index is 12.4. The van der Waals surface area contributed by atoms with Gasteiger partial charge in [-0.05, 0) is 48.4 Å². The Morgan fingerprint density at radius 1 is 1.30 bits per heavy atom. The van der Waals surface area contributed by atoms with Gasteiger partial charge in [0.05, 0.1) is 18.5 Å². The van der Waals surface area contributed by atoms with E-state index in [2.05, 4.69) is 15.5 Å². The lowest BCUT2D eigenvalue weighted by atomic mass is 10.1. The summed E-state index contributed by atoms with van der Waals surface area (Å²) in [6.45, 7) is 2.53. The summed E-state index contributed by atoms with van der Waals surface area (Å²) in [5.74, 6) is 0.650. The Balaban J connectivity index is 1.46. The highest BCUT2D eigenvalue weighted by molar-refractivity contribution is 7.17. The first kappa shape index (κ1) is 17.7. The SMILES string of the molecule is Cc1nc(-c2ccc(Cl)cc2)sc1C(=O)N/N=C/c1ccc2c(c1)CCO2. The van der Waals surface area contributed by atoms with Gasteiger partial charge in [0.2, 0.25) is 0 Å². The van der Waals surface area contributed by atoms with Crippen LogP contribution in [0.3, 0.4) is 0 Å². The standard InChI is InChI=1S/C20H16ClN3O2S/c1-12-18(27-20(23-12)14-3-5-16(21)6-4-14)19(25)24-22-11-13-2-7-17-15(10-13)8-9-26-17/h2-7,10-11H,8-9H2,1H3,(H,24,25)/b22-11+. The highest BCUT2D eigenvalue weighted by Gasteiger charge is 2.16. The van der Waals surface area contributed by atoms with Crippen LogP contribution < -0.4 is 10.2 Å². The molecule has 2 heterocycles. The molecule has 0 fully saturated rings. The lowest BCUT2D eigenvalue weighted by Gasteiger charge is -2.00. The van der Waals surface area contributed by atoms with E-state index in [-0.39, 0.29) is 5.91 Å². The minimum absolute atomic E-state index is 0.272. The number of hydrazone groups is 1. The van der Waals surface area contributed by atoms with E-state index in [1.807, 2.05) is 37.3 Å². The van der Waals surface area contributed by atoms with Crippen molar-refractivity contribution < 1.29 is 9.53 Å². The molecule has 0 saturated carbocycles. The molecule has 1 amide bonds. The molecule has 5 nitrogen and oxygen atoms in total. The number of fused-ring (bicyclic) bond motifs is 1. The average molecular weight is 398 g/mol. The summed E-state index contributed by atoms with van der Waals surface area (Å²) >= 11 is 7.25. The Kier molecular flexibility index (Phi) is 4.92. The summed E-state index contributed by atoms with van der Waals surface area (Å²) in [5.41, 5.74) is 6.26. The molecule has 27 heavy (non-hydrogen) atoms. The Morgan fingerprint density at radius 2 is 2.11 bits per heavy atom. The van der Waals surface area contributed by atoms with Crippen LogP contribution in [0.4, 0.5) is 0 Å². The van der Waals surface area contributed by atoms with Crippen LogP contribution in [0.25, 0.3) is 10.6 Å². The fourth-order valence-electron chi connectivity index (χ4n) is 2.83. The minimum atomic E-state index is -0.272. The van der Waals surface area contributed by atoms with Crippen LogP contribution in [-0.2, 0) is 6.42 Å². The van der Waals surface area contributed by atoms with Gasteiger partial charge in [-0.25, -0.2) is 10.4 Å². The fraction of sp³-hybridized carbons (Fsp3) is 0.150. The number of aromatic nitrogens is 1. The normalized spacial score (nSPS) is 12.8. The largest absolute Gasteiger partial charge is 0.493 e. The van der Waals surface area contributed by atoms with Crippen LogP contribution in [0.2, 0.25) is 5.02 Å². The number of hydrogen-bond donors (Lipinski definition) is 1. The smallest absolute Gasteiger partial charge is 0.283 e. The van der Waals surface area contributed by atoms with E-state index in [1.165, 1.54) is 11.3 Å². The molecule has 136 valence electrons. The lowest BCUT2D eigenvalue weighted by molar-refractivity contribution is 0.0958. The Morgan fingerprint density at radius 3 is 2.93 bits per heavy atom. The van der Waals surface area contributed by atoms with Crippen molar-refractivity contribution in [1.29, 1.82) is 0 Å². The number of nitrogens with one attached hydrogen (secondary N) is 1. The van der Waals surface area contributed by atoms with Gasteiger partial charge in [-0.1, -0.05) is 23.7 Å². The highest BCUT2D eigenvalue weighted by atomic mass is 35.5. The van der Waals surface area contributed by atoms with Gasteiger partial charge in [0.1, 0.15) is 15.6 Å². The third kappa shape index (κ3) is 3.86. The molecular formula is C20H16ClN3O2S. The van der Waals surface area contributed by atoms with Crippen molar-refractivity contribution in [1.82, 2.24) is 10.4 Å². The third-order valence-electron chi connectivity index (χ3n) is 4.19. The van der Waals surface area contributed by atoms with Crippen molar-refractivity contribution in [3.8, 4) is 16.3 Å². The van der Waals surface area contributed by atoms with Gasteiger partial charge >= 0.3 is 0 Å². The van der Waals surface area contributed by atoms with Crippen molar-refractivity contribution >= 4 is 35.1 Å². The predicted octanol–water partition coefficient (Wildman–Crippen LogP) is 4.47. The van der Waals surface area contributed by atoms with Crippen molar-refractivity contribution in [2.45, 2.75) is 13.3 Å². The van der Waals surface area contributed by atoms with Gasteiger partial charge in [0.25, 0.3) is 5.91 Å². The minimum Gasteiger partial charge on any atom is -0.493 e. The maximum Gasteiger partial charge on any atom is 0.283 e. The number of benzene rings is 2. The summed E-state index contributed by atoms with van der Waals surface area (Å²) in [6.07, 6.45) is 2.53. The van der Waals surface area contributed by atoms with Crippen LogP contribution >= 0.6 is 22.9 Å². The number of thiazole rings is 1. The summed E-state index contributed by atoms with van der Waals surface area (Å²) in [4.78, 5) is 17.5. The third-order valence-corrected chi connectivity index (χ3v) is 5.64. The van der Waals surface area contributed by atoms with E-state index < -0.39 is 0 Å². The van der Waals surface area contributed by atoms with Crippen LogP contribution in [0.15, 0.2) is 47.6 Å². The van der Waals surface area contributed by atoms with Gasteiger partial charge in [-0.2, -0.15) is 5.10 Å².